The Kier molecular flexibility index (Phi) is 10.1. The van der Waals surface area contributed by atoms with E-state index in [1.54, 1.807) is 25.5 Å². The number of hydrazone groups is 1. The first-order valence-corrected chi connectivity index (χ1v) is 15.9. The monoisotopic (exact) mass is 800 g/mol. The summed E-state index contributed by atoms with van der Waals surface area (Å²) in [5, 5.41) is 10.3. The molecule has 1 aromatic heterocycles. The molecule has 0 unspecified atom stereocenters. The summed E-state index contributed by atoms with van der Waals surface area (Å²) in [5.41, 5.74) is 8.90. The lowest BCUT2D eigenvalue weighted by molar-refractivity contribution is 0.0955. The molecule has 2 N–H and O–H groups in total. The van der Waals surface area contributed by atoms with Gasteiger partial charge in [0.05, 0.1) is 22.6 Å². The van der Waals surface area contributed by atoms with Crippen LogP contribution in [0.25, 0.3) is 11.3 Å². The van der Waals surface area contributed by atoms with Crippen molar-refractivity contribution in [3.8, 4) is 22.8 Å². The summed E-state index contributed by atoms with van der Waals surface area (Å²) in [6, 6.07) is 27.4. The topological polar surface area (TPSA) is 84.8 Å². The fraction of sp³-hybridized carbons (Fsp3) is 0.0938. The number of carbonyl (C=O) groups excluding carboxylic acids is 1. The van der Waals surface area contributed by atoms with Crippen LogP contribution >= 0.6 is 56.5 Å². The predicted molar refractivity (Wildman–Crippen MR) is 186 cm³/mol. The molecule has 7 nitrogen and oxygen atoms in total. The summed E-state index contributed by atoms with van der Waals surface area (Å²) >= 11 is 6.02. The number of carbonyl (C=O) groups is 1. The normalized spacial score (nSPS) is 11.0. The number of hydrogen-bond donors (Lipinski definition) is 2. The van der Waals surface area contributed by atoms with Gasteiger partial charge in [0.15, 0.2) is 16.6 Å². The first-order valence-electron chi connectivity index (χ1n) is 12.9. The minimum atomic E-state index is -0.308. The molecule has 0 bridgehead atoms. The zero-order chi connectivity index (χ0) is 29.5. The fourth-order valence-electron chi connectivity index (χ4n) is 3.94. The number of benzene rings is 4. The van der Waals surface area contributed by atoms with Crippen LogP contribution in [0.4, 0.5) is 10.8 Å². The van der Waals surface area contributed by atoms with Gasteiger partial charge in [0.2, 0.25) is 0 Å². The van der Waals surface area contributed by atoms with Crippen LogP contribution in [0.2, 0.25) is 0 Å². The molecular formula is C32H26I2N4O3S. The second-order valence-electron chi connectivity index (χ2n) is 9.25. The summed E-state index contributed by atoms with van der Waals surface area (Å²) in [7, 11) is 1.60. The minimum Gasteiger partial charge on any atom is -0.493 e. The Hall–Kier alpha value is -3.49. The largest absolute Gasteiger partial charge is 0.493 e. The Labute approximate surface area is 275 Å². The number of halogens is 2. The zero-order valence-electron chi connectivity index (χ0n) is 22.7. The summed E-state index contributed by atoms with van der Waals surface area (Å²) in [6.45, 7) is 2.49. The van der Waals surface area contributed by atoms with Crippen LogP contribution in [0.1, 0.15) is 27.0 Å². The zero-order valence-corrected chi connectivity index (χ0v) is 27.9. The molecule has 5 aromatic rings. The highest BCUT2D eigenvalue weighted by Gasteiger charge is 2.12. The van der Waals surface area contributed by atoms with Crippen LogP contribution < -0.4 is 20.2 Å². The lowest BCUT2D eigenvalue weighted by Crippen LogP contribution is -2.17. The minimum absolute atomic E-state index is 0.308. The summed E-state index contributed by atoms with van der Waals surface area (Å²) in [6.07, 6.45) is 1.58. The average molecular weight is 800 g/mol. The van der Waals surface area contributed by atoms with Crippen LogP contribution in [-0.2, 0) is 6.61 Å². The standard InChI is InChI=1S/C32H26I2N4O3S/c1-20-3-13-26(14-4-20)36-32-37-28(19-42-32)23-7-9-24(10-8-23)31(39)38-35-17-22-15-27(34)30(29(16-22)40-2)41-18-21-5-11-25(33)12-6-21/h3-17,19H,18H2,1-2H3,(H,36,37)(H,38,39)/b35-17-. The fourth-order valence-corrected chi connectivity index (χ4v) is 5.82. The quantitative estimate of drug-likeness (QED) is 0.0843. The van der Waals surface area contributed by atoms with E-state index in [2.05, 4.69) is 85.1 Å². The van der Waals surface area contributed by atoms with Gasteiger partial charge in [-0.05, 0) is 112 Å². The number of aryl methyl sites for hydroxylation is 1. The Balaban J connectivity index is 1.18. The molecule has 1 heterocycles. The molecule has 5 rings (SSSR count). The van der Waals surface area contributed by atoms with Crippen molar-refractivity contribution in [3.63, 3.8) is 0 Å². The number of amides is 1. The highest BCUT2D eigenvalue weighted by atomic mass is 127. The number of hydrogen-bond acceptors (Lipinski definition) is 7. The van der Waals surface area contributed by atoms with E-state index in [4.69, 9.17) is 9.47 Å². The van der Waals surface area contributed by atoms with Gasteiger partial charge < -0.3 is 14.8 Å². The summed E-state index contributed by atoms with van der Waals surface area (Å²) in [5.74, 6) is 0.947. The smallest absolute Gasteiger partial charge is 0.271 e. The maximum atomic E-state index is 12.7. The first-order chi connectivity index (χ1) is 20.4. The molecule has 0 aliphatic heterocycles. The molecule has 1 amide bonds. The Morgan fingerprint density at radius 1 is 1.00 bits per heavy atom. The Morgan fingerprint density at radius 2 is 1.74 bits per heavy atom. The van der Waals surface area contributed by atoms with Gasteiger partial charge in [-0.1, -0.05) is 42.0 Å². The number of nitrogens with one attached hydrogen (secondary N) is 2. The molecule has 0 radical (unpaired) electrons. The highest BCUT2D eigenvalue weighted by Crippen LogP contribution is 2.34. The third-order valence-corrected chi connectivity index (χ3v) is 8.46. The molecule has 0 aliphatic carbocycles. The molecule has 0 saturated carbocycles. The molecule has 0 spiro atoms. The maximum Gasteiger partial charge on any atom is 0.271 e. The van der Waals surface area contributed by atoms with Crippen LogP contribution in [0.5, 0.6) is 11.5 Å². The molecule has 10 heteroatoms. The van der Waals surface area contributed by atoms with E-state index >= 15 is 0 Å². The van der Waals surface area contributed by atoms with Gasteiger partial charge in [-0.3, -0.25) is 4.79 Å². The van der Waals surface area contributed by atoms with Crippen molar-refractivity contribution in [1.29, 1.82) is 0 Å². The van der Waals surface area contributed by atoms with Gasteiger partial charge in [-0.15, -0.1) is 11.3 Å². The average Bonchev–Trinajstić information content (AvgIpc) is 3.47. The highest BCUT2D eigenvalue weighted by molar-refractivity contribution is 14.1. The Morgan fingerprint density at radius 3 is 2.45 bits per heavy atom. The van der Waals surface area contributed by atoms with E-state index in [9.17, 15) is 4.79 Å². The van der Waals surface area contributed by atoms with Gasteiger partial charge >= 0.3 is 0 Å². The van der Waals surface area contributed by atoms with Crippen LogP contribution in [0.15, 0.2) is 95.4 Å². The number of methoxy groups -OCH3 is 1. The van der Waals surface area contributed by atoms with E-state index in [-0.39, 0.29) is 5.91 Å². The van der Waals surface area contributed by atoms with Crippen molar-refractivity contribution in [1.82, 2.24) is 10.4 Å². The maximum absolute atomic E-state index is 12.7. The van der Waals surface area contributed by atoms with E-state index in [0.717, 1.165) is 36.8 Å². The summed E-state index contributed by atoms with van der Waals surface area (Å²) in [4.78, 5) is 17.4. The van der Waals surface area contributed by atoms with Crippen molar-refractivity contribution < 1.29 is 14.3 Å². The Bertz CT molecular complexity index is 1700. The van der Waals surface area contributed by atoms with Gasteiger partial charge in [0.25, 0.3) is 5.91 Å². The van der Waals surface area contributed by atoms with E-state index in [0.29, 0.717) is 23.7 Å². The third-order valence-electron chi connectivity index (χ3n) is 6.18. The van der Waals surface area contributed by atoms with Crippen LogP contribution in [-0.4, -0.2) is 24.2 Å². The van der Waals surface area contributed by atoms with E-state index < -0.39 is 0 Å². The second-order valence-corrected chi connectivity index (χ2v) is 12.5. The van der Waals surface area contributed by atoms with Gasteiger partial charge in [0.1, 0.15) is 6.61 Å². The number of aromatic nitrogens is 1. The van der Waals surface area contributed by atoms with Crippen molar-refractivity contribution >= 4 is 79.5 Å². The number of anilines is 2. The number of thiazole rings is 1. The number of nitrogens with zero attached hydrogens (tertiary/aromatic N) is 2. The molecule has 212 valence electrons. The van der Waals surface area contributed by atoms with Gasteiger partial charge in [-0.25, -0.2) is 10.4 Å². The molecule has 42 heavy (non-hydrogen) atoms. The van der Waals surface area contributed by atoms with E-state index in [1.165, 1.54) is 20.5 Å². The molecule has 0 saturated heterocycles. The van der Waals surface area contributed by atoms with Crippen LogP contribution in [0.3, 0.4) is 0 Å². The second kappa shape index (κ2) is 14.1. The third kappa shape index (κ3) is 7.86. The predicted octanol–water partition coefficient (Wildman–Crippen LogP) is 8.42. The molecule has 0 atom stereocenters. The molecule has 0 fully saturated rings. The van der Waals surface area contributed by atoms with E-state index in [1.807, 2.05) is 66.0 Å². The van der Waals surface area contributed by atoms with Crippen LogP contribution in [0, 0.1) is 14.1 Å². The summed E-state index contributed by atoms with van der Waals surface area (Å²) < 4.78 is 13.7. The lowest BCUT2D eigenvalue weighted by Gasteiger charge is -2.13. The van der Waals surface area contributed by atoms with Crippen molar-refractivity contribution in [2.45, 2.75) is 13.5 Å². The SMILES string of the molecule is COc1cc(/C=N\NC(=O)c2ccc(-c3csc(Nc4ccc(C)cc4)n3)cc2)cc(I)c1OCc1ccc(I)cc1. The molecule has 0 aliphatic rings. The number of ether oxygens (including phenoxy) is 2. The molecule has 4 aromatic carbocycles. The van der Waals surface area contributed by atoms with Crippen molar-refractivity contribution in [2.75, 3.05) is 12.4 Å². The van der Waals surface area contributed by atoms with Gasteiger partial charge in [0, 0.05) is 25.8 Å². The lowest BCUT2D eigenvalue weighted by atomic mass is 10.1. The van der Waals surface area contributed by atoms with Crippen molar-refractivity contribution in [3.05, 3.63) is 120 Å². The molecular weight excluding hydrogens is 774 g/mol. The first kappa shape index (κ1) is 30.0. The number of rotatable bonds is 10. The van der Waals surface area contributed by atoms with Crippen molar-refractivity contribution in [2.24, 2.45) is 5.10 Å². The van der Waals surface area contributed by atoms with Gasteiger partial charge in [-0.2, -0.15) is 5.10 Å².